The Kier molecular flexibility index (Phi) is 7.46. The number of nitrogens with one attached hydrogen (secondary N) is 1. The van der Waals surface area contributed by atoms with Crippen molar-refractivity contribution in [2.24, 2.45) is 5.41 Å². The van der Waals surface area contributed by atoms with Crippen molar-refractivity contribution in [3.8, 4) is 0 Å². The molecule has 5 nitrogen and oxygen atoms in total. The maximum atomic E-state index is 12.2. The monoisotopic (exact) mass is 347 g/mol. The minimum absolute atomic E-state index is 0.00744. The molecule has 2 amide bonds. The molecule has 1 aromatic carbocycles. The Morgan fingerprint density at radius 3 is 2.28 bits per heavy atom. The molecule has 0 aliphatic carbocycles. The number of rotatable bonds is 7. The Morgan fingerprint density at radius 1 is 1.16 bits per heavy atom. The van der Waals surface area contributed by atoms with Crippen LogP contribution in [0.5, 0.6) is 0 Å². The summed E-state index contributed by atoms with van der Waals surface area (Å²) in [6.45, 7) is 11.1. The van der Waals surface area contributed by atoms with Crippen molar-refractivity contribution in [3.05, 3.63) is 23.8 Å². The molecule has 0 unspecified atom stereocenters. The largest absolute Gasteiger partial charge is 0.377 e. The number of carbonyl (C=O) groups excluding carboxylic acids is 2. The summed E-state index contributed by atoms with van der Waals surface area (Å²) in [7, 11) is 3.96. The van der Waals surface area contributed by atoms with Gasteiger partial charge < -0.3 is 15.1 Å². The van der Waals surface area contributed by atoms with Gasteiger partial charge in [0.15, 0.2) is 0 Å². The molecule has 0 saturated heterocycles. The molecule has 0 aliphatic heterocycles. The molecule has 0 aliphatic rings. The molecule has 0 fully saturated rings. The van der Waals surface area contributed by atoms with E-state index in [1.807, 2.05) is 62.9 Å². The quantitative estimate of drug-likeness (QED) is 0.814. The highest BCUT2D eigenvalue weighted by Crippen LogP contribution is 2.26. The third-order valence-electron chi connectivity index (χ3n) is 3.84. The third kappa shape index (κ3) is 7.16. The molecule has 0 heterocycles. The van der Waals surface area contributed by atoms with Gasteiger partial charge in [-0.2, -0.15) is 0 Å². The first-order valence-corrected chi connectivity index (χ1v) is 8.89. The van der Waals surface area contributed by atoms with E-state index in [1.165, 1.54) is 0 Å². The van der Waals surface area contributed by atoms with Crippen molar-refractivity contribution in [3.63, 3.8) is 0 Å². The Bertz CT molecular complexity index is 603. The van der Waals surface area contributed by atoms with Gasteiger partial charge in [-0.25, -0.2) is 0 Å². The van der Waals surface area contributed by atoms with Crippen molar-refractivity contribution < 1.29 is 9.59 Å². The molecule has 0 spiro atoms. The Labute approximate surface area is 152 Å². The van der Waals surface area contributed by atoms with Crippen LogP contribution in [0, 0.1) is 5.41 Å². The summed E-state index contributed by atoms with van der Waals surface area (Å²) < 4.78 is 0. The van der Waals surface area contributed by atoms with E-state index in [0.29, 0.717) is 13.0 Å². The lowest BCUT2D eigenvalue weighted by Gasteiger charge is -2.25. The molecule has 0 aromatic heterocycles. The lowest BCUT2D eigenvalue weighted by atomic mass is 9.92. The average Bonchev–Trinajstić information content (AvgIpc) is 2.44. The summed E-state index contributed by atoms with van der Waals surface area (Å²) >= 11 is 0. The van der Waals surface area contributed by atoms with Gasteiger partial charge in [0.2, 0.25) is 11.8 Å². The fourth-order valence-corrected chi connectivity index (χ4v) is 2.74. The maximum Gasteiger partial charge on any atom is 0.224 e. The molecular weight excluding hydrogens is 314 g/mol. The molecule has 140 valence electrons. The van der Waals surface area contributed by atoms with Crippen LogP contribution in [0.25, 0.3) is 0 Å². The van der Waals surface area contributed by atoms with E-state index in [4.69, 9.17) is 0 Å². The predicted molar refractivity (Wildman–Crippen MR) is 105 cm³/mol. The van der Waals surface area contributed by atoms with Crippen LogP contribution >= 0.6 is 0 Å². The van der Waals surface area contributed by atoms with Gasteiger partial charge in [0, 0.05) is 51.9 Å². The molecule has 1 rings (SSSR count). The molecule has 0 radical (unpaired) electrons. The van der Waals surface area contributed by atoms with Gasteiger partial charge in [-0.05, 0) is 35.6 Å². The number of hydrogen-bond donors (Lipinski definition) is 1. The van der Waals surface area contributed by atoms with Crippen molar-refractivity contribution in [1.29, 1.82) is 0 Å². The van der Waals surface area contributed by atoms with E-state index in [2.05, 4.69) is 12.2 Å². The zero-order valence-corrected chi connectivity index (χ0v) is 16.8. The fourth-order valence-electron chi connectivity index (χ4n) is 2.74. The van der Waals surface area contributed by atoms with Crippen LogP contribution in [-0.4, -0.2) is 37.4 Å². The summed E-state index contributed by atoms with van der Waals surface area (Å²) in [5.41, 5.74) is 2.80. The summed E-state index contributed by atoms with van der Waals surface area (Å²) in [6.07, 6.45) is 1.38. The number of benzene rings is 1. The topological polar surface area (TPSA) is 52.7 Å². The smallest absolute Gasteiger partial charge is 0.224 e. The van der Waals surface area contributed by atoms with E-state index in [0.717, 1.165) is 29.9 Å². The fraction of sp³-hybridized carbons (Fsp3) is 0.600. The van der Waals surface area contributed by atoms with Crippen LogP contribution in [0.3, 0.4) is 0 Å². The minimum Gasteiger partial charge on any atom is -0.377 e. The first-order chi connectivity index (χ1) is 11.5. The van der Waals surface area contributed by atoms with E-state index >= 15 is 0 Å². The van der Waals surface area contributed by atoms with Crippen LogP contribution < -0.4 is 10.2 Å². The van der Waals surface area contributed by atoms with Crippen LogP contribution in [0.4, 0.5) is 11.4 Å². The number of carbonyl (C=O) groups is 2. The summed E-state index contributed by atoms with van der Waals surface area (Å²) in [5, 5.41) is 2.98. The molecule has 1 N–H and O–H groups in total. The van der Waals surface area contributed by atoms with E-state index in [9.17, 15) is 9.59 Å². The Morgan fingerprint density at radius 2 is 1.80 bits per heavy atom. The first-order valence-electron chi connectivity index (χ1n) is 8.89. The predicted octanol–water partition coefficient (Wildman–Crippen LogP) is 3.89. The molecule has 1 aromatic rings. The number of anilines is 2. The summed E-state index contributed by atoms with van der Waals surface area (Å²) in [5.74, 6) is 0.0711. The van der Waals surface area contributed by atoms with Crippen molar-refractivity contribution in [1.82, 2.24) is 4.90 Å². The molecule has 5 heteroatoms. The second-order valence-corrected chi connectivity index (χ2v) is 7.96. The molecule has 0 atom stereocenters. The highest BCUT2D eigenvalue weighted by atomic mass is 16.2. The van der Waals surface area contributed by atoms with Gasteiger partial charge in [-0.15, -0.1) is 0 Å². The van der Waals surface area contributed by atoms with Crippen molar-refractivity contribution in [2.45, 2.75) is 54.0 Å². The minimum atomic E-state index is -0.0525. The van der Waals surface area contributed by atoms with Gasteiger partial charge in [-0.1, -0.05) is 27.7 Å². The van der Waals surface area contributed by atoms with Gasteiger partial charge in [0.25, 0.3) is 0 Å². The van der Waals surface area contributed by atoms with Crippen molar-refractivity contribution in [2.75, 3.05) is 30.9 Å². The maximum absolute atomic E-state index is 12.2. The number of amides is 2. The molecular formula is C20H33N3O2. The van der Waals surface area contributed by atoms with Crippen LogP contribution in [0.15, 0.2) is 18.2 Å². The molecule has 25 heavy (non-hydrogen) atoms. The summed E-state index contributed by atoms with van der Waals surface area (Å²) in [4.78, 5) is 28.0. The second kappa shape index (κ2) is 8.88. The lowest BCUT2D eigenvalue weighted by Crippen LogP contribution is -2.29. The van der Waals surface area contributed by atoms with Gasteiger partial charge in [0.05, 0.1) is 0 Å². The van der Waals surface area contributed by atoms with Gasteiger partial charge >= 0.3 is 0 Å². The van der Waals surface area contributed by atoms with E-state index < -0.39 is 0 Å². The van der Waals surface area contributed by atoms with Gasteiger partial charge in [-0.3, -0.25) is 9.59 Å². The van der Waals surface area contributed by atoms with Crippen molar-refractivity contribution >= 4 is 23.2 Å². The lowest BCUT2D eigenvalue weighted by molar-refractivity contribution is -0.129. The zero-order chi connectivity index (χ0) is 19.2. The number of hydrogen-bond acceptors (Lipinski definition) is 3. The Balaban J connectivity index is 3.04. The summed E-state index contributed by atoms with van der Waals surface area (Å²) in [6, 6.07) is 5.88. The van der Waals surface area contributed by atoms with Crippen LogP contribution in [0.1, 0.15) is 53.0 Å². The first kappa shape index (κ1) is 21.0. The van der Waals surface area contributed by atoms with Gasteiger partial charge in [0.1, 0.15) is 0 Å². The second-order valence-electron chi connectivity index (χ2n) is 7.96. The SMILES string of the molecule is CCCN(Cc1cc(NC(=O)CC(C)(C)C)ccc1N(C)C)C(C)=O. The number of nitrogens with zero attached hydrogens (tertiary/aromatic N) is 2. The molecule has 0 saturated carbocycles. The zero-order valence-electron chi connectivity index (χ0n) is 16.8. The van der Waals surface area contributed by atoms with E-state index in [-0.39, 0.29) is 17.2 Å². The third-order valence-corrected chi connectivity index (χ3v) is 3.84. The van der Waals surface area contributed by atoms with E-state index in [1.54, 1.807) is 6.92 Å². The molecule has 0 bridgehead atoms. The average molecular weight is 348 g/mol. The normalized spacial score (nSPS) is 11.2. The van der Waals surface area contributed by atoms with Crippen LogP contribution in [-0.2, 0) is 16.1 Å². The Hall–Kier alpha value is -2.04. The highest BCUT2D eigenvalue weighted by Gasteiger charge is 2.17. The van der Waals surface area contributed by atoms with Crippen LogP contribution in [0.2, 0.25) is 0 Å². The standard InChI is InChI=1S/C20H33N3O2/c1-8-11-23(15(2)24)14-16-12-17(9-10-18(16)22(6)7)21-19(25)13-20(3,4)5/h9-10,12H,8,11,13-14H2,1-7H3,(H,21,25). The highest BCUT2D eigenvalue weighted by molar-refractivity contribution is 5.91.